The summed E-state index contributed by atoms with van der Waals surface area (Å²) in [6.45, 7) is 0.450. The molecule has 0 saturated carbocycles. The van der Waals surface area contributed by atoms with Gasteiger partial charge >= 0.3 is 0 Å². The minimum Gasteiger partial charge on any atom is -0.383 e. The molecule has 6 heteroatoms. The second-order valence-corrected chi connectivity index (χ2v) is 5.60. The van der Waals surface area contributed by atoms with E-state index in [9.17, 15) is 9.59 Å². The first-order valence-corrected chi connectivity index (χ1v) is 7.29. The van der Waals surface area contributed by atoms with Crippen LogP contribution in [-0.4, -0.2) is 21.6 Å². The predicted octanol–water partition coefficient (Wildman–Crippen LogP) is 1.48. The van der Waals surface area contributed by atoms with Gasteiger partial charge in [0, 0.05) is 0 Å². The molecule has 0 bridgehead atoms. The summed E-state index contributed by atoms with van der Waals surface area (Å²) < 4.78 is 1.58. The highest BCUT2D eigenvalue weighted by atomic mass is 16.2. The van der Waals surface area contributed by atoms with E-state index in [1.54, 1.807) is 4.68 Å². The Morgan fingerprint density at radius 1 is 1.13 bits per heavy atom. The number of imide groups is 1. The zero-order valence-electron chi connectivity index (χ0n) is 12.2. The van der Waals surface area contributed by atoms with Crippen LogP contribution in [0.4, 0.5) is 5.82 Å². The molecule has 6 nitrogen and oxygen atoms in total. The van der Waals surface area contributed by atoms with E-state index in [4.69, 9.17) is 5.73 Å². The van der Waals surface area contributed by atoms with E-state index in [1.807, 2.05) is 30.3 Å². The number of carbonyl (C=O) groups excluding carboxylic acids is 2. The summed E-state index contributed by atoms with van der Waals surface area (Å²) in [6, 6.07) is 14.2. The third kappa shape index (κ3) is 2.24. The van der Waals surface area contributed by atoms with Gasteiger partial charge in [-0.2, -0.15) is 5.10 Å². The van der Waals surface area contributed by atoms with Crippen molar-refractivity contribution in [2.45, 2.75) is 13.0 Å². The highest BCUT2D eigenvalue weighted by molar-refractivity contribution is 6.11. The molecule has 23 heavy (non-hydrogen) atoms. The fourth-order valence-electron chi connectivity index (χ4n) is 2.91. The topological polar surface area (TPSA) is 90.0 Å². The maximum Gasteiger partial charge on any atom is 0.263 e. The quantitative estimate of drug-likeness (QED) is 0.702. The van der Waals surface area contributed by atoms with Gasteiger partial charge in [-0.25, -0.2) is 4.68 Å². The number of rotatable bonds is 2. The molecule has 114 valence electrons. The molecule has 3 aromatic rings. The van der Waals surface area contributed by atoms with Crippen molar-refractivity contribution in [2.75, 3.05) is 5.73 Å². The van der Waals surface area contributed by atoms with Crippen LogP contribution in [0, 0.1) is 0 Å². The van der Waals surface area contributed by atoms with Crippen LogP contribution in [0.3, 0.4) is 0 Å². The first-order chi connectivity index (χ1) is 11.1. The summed E-state index contributed by atoms with van der Waals surface area (Å²) in [5, 5.41) is 8.90. The van der Waals surface area contributed by atoms with Gasteiger partial charge in [0.15, 0.2) is 0 Å². The number of benzene rings is 2. The number of nitrogens with two attached hydrogens (primary N) is 1. The van der Waals surface area contributed by atoms with Gasteiger partial charge in [-0.05, 0) is 22.4 Å². The van der Waals surface area contributed by atoms with E-state index >= 15 is 0 Å². The normalized spacial score (nSPS) is 13.9. The van der Waals surface area contributed by atoms with Crippen molar-refractivity contribution < 1.29 is 9.59 Å². The summed E-state index contributed by atoms with van der Waals surface area (Å²) in [7, 11) is 0. The Morgan fingerprint density at radius 2 is 1.91 bits per heavy atom. The second kappa shape index (κ2) is 4.95. The van der Waals surface area contributed by atoms with Crippen molar-refractivity contribution in [1.82, 2.24) is 15.1 Å². The number of amides is 2. The van der Waals surface area contributed by atoms with E-state index in [0.29, 0.717) is 17.8 Å². The van der Waals surface area contributed by atoms with E-state index in [2.05, 4.69) is 22.5 Å². The Morgan fingerprint density at radius 3 is 2.74 bits per heavy atom. The molecule has 1 aliphatic rings. The van der Waals surface area contributed by atoms with Crippen molar-refractivity contribution in [3.8, 4) is 0 Å². The van der Waals surface area contributed by atoms with Crippen LogP contribution in [0.5, 0.6) is 0 Å². The number of carbonyl (C=O) groups is 2. The van der Waals surface area contributed by atoms with E-state index in [0.717, 1.165) is 16.3 Å². The lowest BCUT2D eigenvalue weighted by molar-refractivity contribution is -0.119. The predicted molar refractivity (Wildman–Crippen MR) is 85.9 cm³/mol. The number of nitrogens with zero attached hydrogens (tertiary/aromatic N) is 2. The number of aromatic nitrogens is 2. The number of nitrogen functional groups attached to an aromatic ring is 1. The number of nitrogens with one attached hydrogen (secondary N) is 1. The Balaban J connectivity index is 1.72. The third-order valence-corrected chi connectivity index (χ3v) is 4.02. The number of fused-ring (bicyclic) bond motifs is 2. The molecule has 2 heterocycles. The van der Waals surface area contributed by atoms with Crippen LogP contribution in [0.1, 0.15) is 21.6 Å². The molecule has 0 aliphatic carbocycles. The van der Waals surface area contributed by atoms with Crippen LogP contribution in [-0.2, 0) is 17.8 Å². The van der Waals surface area contributed by atoms with Crippen molar-refractivity contribution in [1.29, 1.82) is 0 Å². The largest absolute Gasteiger partial charge is 0.383 e. The molecule has 0 fully saturated rings. The smallest absolute Gasteiger partial charge is 0.263 e. The third-order valence-electron chi connectivity index (χ3n) is 4.02. The Bertz CT molecular complexity index is 958. The number of hydrogen-bond acceptors (Lipinski definition) is 4. The van der Waals surface area contributed by atoms with Gasteiger partial charge in [-0.1, -0.05) is 36.4 Å². The van der Waals surface area contributed by atoms with E-state index < -0.39 is 5.91 Å². The van der Waals surface area contributed by atoms with Gasteiger partial charge in [0.25, 0.3) is 5.91 Å². The highest BCUT2D eigenvalue weighted by Crippen LogP contribution is 2.22. The average Bonchev–Trinajstić information content (AvgIpc) is 2.83. The number of hydrogen-bond donors (Lipinski definition) is 2. The summed E-state index contributed by atoms with van der Waals surface area (Å²) in [5.74, 6) is -0.533. The first kappa shape index (κ1) is 13.5. The maximum absolute atomic E-state index is 11.9. The molecule has 0 radical (unpaired) electrons. The fourth-order valence-corrected chi connectivity index (χ4v) is 2.91. The van der Waals surface area contributed by atoms with Crippen LogP contribution in [0.15, 0.2) is 42.5 Å². The average molecular weight is 306 g/mol. The molecule has 3 N–H and O–H groups in total. The van der Waals surface area contributed by atoms with Crippen LogP contribution < -0.4 is 11.1 Å². The first-order valence-electron chi connectivity index (χ1n) is 7.29. The molecule has 2 aromatic carbocycles. The fraction of sp³-hybridized carbons (Fsp3) is 0.118. The summed E-state index contributed by atoms with van der Waals surface area (Å²) in [5.41, 5.74) is 7.83. The van der Waals surface area contributed by atoms with Gasteiger partial charge in [-0.3, -0.25) is 14.9 Å². The molecule has 0 spiro atoms. The summed E-state index contributed by atoms with van der Waals surface area (Å²) >= 11 is 0. The summed E-state index contributed by atoms with van der Waals surface area (Å²) in [6.07, 6.45) is 0.0794. The minimum absolute atomic E-state index is 0.0794. The van der Waals surface area contributed by atoms with Crippen molar-refractivity contribution >= 4 is 28.4 Å². The molecule has 0 unspecified atom stereocenters. The number of anilines is 1. The van der Waals surface area contributed by atoms with Gasteiger partial charge in [-0.15, -0.1) is 0 Å². The Kier molecular flexibility index (Phi) is 2.90. The van der Waals surface area contributed by atoms with Crippen LogP contribution >= 0.6 is 0 Å². The molecular weight excluding hydrogens is 292 g/mol. The lowest BCUT2D eigenvalue weighted by Crippen LogP contribution is -2.37. The second-order valence-electron chi connectivity index (χ2n) is 5.60. The SMILES string of the molecule is Nc1c2c(nn1Cc1ccc3ccccc3c1)CC(=O)NC2=O. The van der Waals surface area contributed by atoms with Gasteiger partial charge in [0.05, 0.1) is 18.7 Å². The van der Waals surface area contributed by atoms with Crippen molar-refractivity contribution in [2.24, 2.45) is 0 Å². The highest BCUT2D eigenvalue weighted by Gasteiger charge is 2.29. The standard InChI is InChI=1S/C17H14N4O2/c18-16-15-13(8-14(22)19-17(15)23)20-21(16)9-10-5-6-11-3-1-2-4-12(11)7-10/h1-7H,8-9,18H2,(H,19,22,23). The van der Waals surface area contributed by atoms with Crippen LogP contribution in [0.2, 0.25) is 0 Å². The van der Waals surface area contributed by atoms with Gasteiger partial charge in [0.1, 0.15) is 11.4 Å². The monoisotopic (exact) mass is 306 g/mol. The molecule has 0 saturated heterocycles. The van der Waals surface area contributed by atoms with E-state index in [-0.39, 0.29) is 18.1 Å². The Labute approximate surface area is 131 Å². The Hall–Kier alpha value is -3.15. The zero-order chi connectivity index (χ0) is 16.0. The maximum atomic E-state index is 11.9. The summed E-state index contributed by atoms with van der Waals surface area (Å²) in [4.78, 5) is 23.3. The lowest BCUT2D eigenvalue weighted by atomic mass is 10.1. The lowest BCUT2D eigenvalue weighted by Gasteiger charge is -2.09. The minimum atomic E-state index is -0.474. The van der Waals surface area contributed by atoms with Gasteiger partial charge < -0.3 is 5.73 Å². The van der Waals surface area contributed by atoms with Crippen molar-refractivity contribution in [3.05, 3.63) is 59.3 Å². The zero-order valence-corrected chi connectivity index (χ0v) is 12.2. The molecular formula is C17H14N4O2. The van der Waals surface area contributed by atoms with E-state index in [1.165, 1.54) is 0 Å². The van der Waals surface area contributed by atoms with Crippen molar-refractivity contribution in [3.63, 3.8) is 0 Å². The molecule has 0 atom stereocenters. The molecule has 2 amide bonds. The molecule has 1 aromatic heterocycles. The molecule has 1 aliphatic heterocycles. The molecule has 4 rings (SSSR count). The van der Waals surface area contributed by atoms with Gasteiger partial charge in [0.2, 0.25) is 5.91 Å². The van der Waals surface area contributed by atoms with Crippen LogP contribution in [0.25, 0.3) is 10.8 Å².